The van der Waals surface area contributed by atoms with E-state index >= 15 is 0 Å². The first kappa shape index (κ1) is 17.0. The lowest BCUT2D eigenvalue weighted by Crippen LogP contribution is -2.06. The minimum Gasteiger partial charge on any atom is -0.461 e. The molecule has 0 bridgehead atoms. The maximum Gasteiger partial charge on any atom is 0.306 e. The van der Waals surface area contributed by atoms with Gasteiger partial charge in [0.15, 0.2) is 0 Å². The highest BCUT2D eigenvalue weighted by molar-refractivity contribution is 7.99. The predicted molar refractivity (Wildman–Crippen MR) is 87.4 cm³/mol. The smallest absolute Gasteiger partial charge is 0.306 e. The Bertz CT molecular complexity index is 723. The Balaban J connectivity index is 1.77. The molecule has 0 fully saturated rings. The van der Waals surface area contributed by atoms with Gasteiger partial charge in [-0.15, -0.1) is 11.8 Å². The van der Waals surface area contributed by atoms with E-state index in [0.717, 1.165) is 4.90 Å². The number of hydrogen-bond donors (Lipinski definition) is 0. The second kappa shape index (κ2) is 8.35. The van der Waals surface area contributed by atoms with Crippen LogP contribution in [0.1, 0.15) is 23.1 Å². The van der Waals surface area contributed by atoms with Crippen LogP contribution < -0.4 is 0 Å². The largest absolute Gasteiger partial charge is 0.461 e. The maximum absolute atomic E-state index is 13.6. The first-order valence-corrected chi connectivity index (χ1v) is 8.10. The van der Waals surface area contributed by atoms with Gasteiger partial charge in [0.05, 0.1) is 18.1 Å². The summed E-state index contributed by atoms with van der Waals surface area (Å²) in [6, 6.07) is 14.0. The fraction of sp³-hybridized carbons (Fsp3) is 0.222. The van der Waals surface area contributed by atoms with Gasteiger partial charge in [0.2, 0.25) is 0 Å². The monoisotopic (exact) mass is 329 g/mol. The Morgan fingerprint density at radius 3 is 2.70 bits per heavy atom. The van der Waals surface area contributed by atoms with E-state index in [1.165, 1.54) is 23.8 Å². The molecule has 2 aromatic rings. The molecule has 0 aliphatic carbocycles. The highest BCUT2D eigenvalue weighted by Gasteiger charge is 2.08. The Hall–Kier alpha value is -2.32. The van der Waals surface area contributed by atoms with E-state index in [1.54, 1.807) is 11.8 Å². The summed E-state index contributed by atoms with van der Waals surface area (Å²) in [6.45, 7) is 1.86. The van der Waals surface area contributed by atoms with Crippen LogP contribution in [-0.4, -0.2) is 11.7 Å². The molecule has 0 aliphatic rings. The van der Waals surface area contributed by atoms with E-state index < -0.39 is 5.82 Å². The van der Waals surface area contributed by atoms with Gasteiger partial charge < -0.3 is 4.74 Å². The Kier molecular flexibility index (Phi) is 6.19. The molecule has 0 spiro atoms. The van der Waals surface area contributed by atoms with E-state index in [2.05, 4.69) is 0 Å². The van der Waals surface area contributed by atoms with Crippen molar-refractivity contribution >= 4 is 17.7 Å². The van der Waals surface area contributed by atoms with Gasteiger partial charge in [-0.05, 0) is 37.3 Å². The third-order valence-electron chi connectivity index (χ3n) is 3.16. The van der Waals surface area contributed by atoms with Crippen LogP contribution in [0.5, 0.6) is 0 Å². The molecule has 0 aliphatic heterocycles. The van der Waals surface area contributed by atoms with Gasteiger partial charge in [-0.2, -0.15) is 5.26 Å². The van der Waals surface area contributed by atoms with Crippen molar-refractivity contribution in [3.05, 3.63) is 65.0 Å². The average molecular weight is 329 g/mol. The zero-order valence-electron chi connectivity index (χ0n) is 12.7. The molecule has 0 amide bonds. The third-order valence-corrected chi connectivity index (χ3v) is 4.17. The zero-order chi connectivity index (χ0) is 16.7. The number of carbonyl (C=O) groups is 1. The summed E-state index contributed by atoms with van der Waals surface area (Å²) in [7, 11) is 0. The maximum atomic E-state index is 13.6. The number of rotatable bonds is 6. The first-order chi connectivity index (χ1) is 11.1. The first-order valence-electron chi connectivity index (χ1n) is 7.12. The van der Waals surface area contributed by atoms with E-state index in [4.69, 9.17) is 10.00 Å². The number of halogens is 1. The van der Waals surface area contributed by atoms with Crippen LogP contribution in [0, 0.1) is 24.1 Å². The van der Waals surface area contributed by atoms with Gasteiger partial charge >= 0.3 is 5.97 Å². The summed E-state index contributed by atoms with van der Waals surface area (Å²) in [5.74, 6) is -0.264. The average Bonchev–Trinajstić information content (AvgIpc) is 2.56. The minimum absolute atomic E-state index is 0.157. The number of nitrogens with zero attached hydrogens (tertiary/aromatic N) is 1. The number of ether oxygens (including phenoxy) is 1. The van der Waals surface area contributed by atoms with E-state index in [-0.39, 0.29) is 24.6 Å². The van der Waals surface area contributed by atoms with Crippen LogP contribution in [-0.2, 0) is 16.1 Å². The molecule has 5 heteroatoms. The fourth-order valence-electron chi connectivity index (χ4n) is 1.87. The van der Waals surface area contributed by atoms with Crippen molar-refractivity contribution in [2.75, 3.05) is 5.75 Å². The number of esters is 1. The number of aryl methyl sites for hydroxylation is 1. The van der Waals surface area contributed by atoms with Gasteiger partial charge in [-0.1, -0.05) is 17.7 Å². The van der Waals surface area contributed by atoms with Crippen molar-refractivity contribution in [3.63, 3.8) is 0 Å². The topological polar surface area (TPSA) is 50.1 Å². The minimum atomic E-state index is -0.481. The van der Waals surface area contributed by atoms with Gasteiger partial charge in [0, 0.05) is 16.2 Å². The van der Waals surface area contributed by atoms with Crippen molar-refractivity contribution in [1.29, 1.82) is 5.26 Å². The number of thioether (sulfide) groups is 1. The molecular weight excluding hydrogens is 313 g/mol. The van der Waals surface area contributed by atoms with Crippen LogP contribution in [0.4, 0.5) is 4.39 Å². The number of benzene rings is 2. The van der Waals surface area contributed by atoms with E-state index in [9.17, 15) is 9.18 Å². The van der Waals surface area contributed by atoms with Crippen molar-refractivity contribution in [1.82, 2.24) is 0 Å². The lowest BCUT2D eigenvalue weighted by Gasteiger charge is -2.06. The van der Waals surface area contributed by atoms with Crippen molar-refractivity contribution < 1.29 is 13.9 Å². The summed E-state index contributed by atoms with van der Waals surface area (Å²) in [4.78, 5) is 12.8. The molecule has 0 saturated heterocycles. The molecule has 0 unspecified atom stereocenters. The summed E-state index contributed by atoms with van der Waals surface area (Å²) < 4.78 is 18.6. The van der Waals surface area contributed by atoms with E-state index in [0.29, 0.717) is 11.3 Å². The Morgan fingerprint density at radius 1 is 1.26 bits per heavy atom. The molecule has 0 saturated carbocycles. The predicted octanol–water partition coefficient (Wildman–Crippen LogP) is 4.23. The molecule has 0 N–H and O–H groups in total. The summed E-state index contributed by atoms with van der Waals surface area (Å²) in [5, 5.41) is 8.79. The summed E-state index contributed by atoms with van der Waals surface area (Å²) >= 11 is 1.57. The molecule has 118 valence electrons. The Labute approximate surface area is 139 Å². The molecule has 0 aromatic heterocycles. The van der Waals surface area contributed by atoms with Gasteiger partial charge in [0.1, 0.15) is 12.4 Å². The third kappa shape index (κ3) is 5.42. The van der Waals surface area contributed by atoms with Crippen LogP contribution in [0.3, 0.4) is 0 Å². The fourth-order valence-corrected chi connectivity index (χ4v) is 2.70. The molecule has 2 rings (SSSR count). The second-order valence-corrected chi connectivity index (χ2v) is 6.16. The van der Waals surface area contributed by atoms with Crippen LogP contribution in [0.15, 0.2) is 47.4 Å². The molecular formula is C18H16FNO2S. The number of hydrogen-bond acceptors (Lipinski definition) is 4. The highest BCUT2D eigenvalue weighted by Crippen LogP contribution is 2.19. The highest BCUT2D eigenvalue weighted by atomic mass is 32.2. The molecule has 2 aromatic carbocycles. The second-order valence-electron chi connectivity index (χ2n) is 4.99. The summed E-state index contributed by atoms with van der Waals surface area (Å²) in [5.41, 5.74) is 1.74. The van der Waals surface area contributed by atoms with Gasteiger partial charge in [-0.25, -0.2) is 4.39 Å². The molecule has 0 atom stereocenters. The lowest BCUT2D eigenvalue weighted by atomic mass is 10.1. The van der Waals surface area contributed by atoms with Gasteiger partial charge in [0.25, 0.3) is 0 Å². The SMILES string of the molecule is Cc1ccc(SCCC(=O)OCc2cc(C#N)ccc2F)cc1. The van der Waals surface area contributed by atoms with Crippen LogP contribution in [0.25, 0.3) is 0 Å². The number of carbonyl (C=O) groups excluding carboxylic acids is 1. The number of nitriles is 1. The van der Waals surface area contributed by atoms with Crippen molar-refractivity contribution in [2.45, 2.75) is 24.8 Å². The van der Waals surface area contributed by atoms with E-state index in [1.807, 2.05) is 37.3 Å². The quantitative estimate of drug-likeness (QED) is 0.588. The van der Waals surface area contributed by atoms with Crippen molar-refractivity contribution in [3.8, 4) is 6.07 Å². The summed E-state index contributed by atoms with van der Waals surface area (Å²) in [6.07, 6.45) is 0.248. The van der Waals surface area contributed by atoms with Crippen LogP contribution >= 0.6 is 11.8 Å². The lowest BCUT2D eigenvalue weighted by molar-refractivity contribution is -0.144. The Morgan fingerprint density at radius 2 is 2.00 bits per heavy atom. The molecule has 0 radical (unpaired) electrons. The molecule has 23 heavy (non-hydrogen) atoms. The zero-order valence-corrected chi connectivity index (χ0v) is 13.5. The van der Waals surface area contributed by atoms with Crippen molar-refractivity contribution in [2.24, 2.45) is 0 Å². The van der Waals surface area contributed by atoms with Crippen LogP contribution in [0.2, 0.25) is 0 Å². The standard InChI is InChI=1S/C18H16FNO2S/c1-13-2-5-16(6-3-13)23-9-8-18(21)22-12-15-10-14(11-20)4-7-17(15)19/h2-7,10H,8-9,12H2,1H3. The molecule has 0 heterocycles. The van der Waals surface area contributed by atoms with Gasteiger partial charge in [-0.3, -0.25) is 4.79 Å². The normalized spacial score (nSPS) is 10.1. The molecule has 3 nitrogen and oxygen atoms in total.